The minimum atomic E-state index is 0.0171. The number of hydrogen-bond donors (Lipinski definition) is 0. The number of thioether (sulfide) groups is 1. The smallest absolute Gasteiger partial charge is 0.279 e. The van der Waals surface area contributed by atoms with Crippen LogP contribution < -0.4 is 4.90 Å². The second-order valence-corrected chi connectivity index (χ2v) is 7.94. The molecule has 2 aliphatic heterocycles. The van der Waals surface area contributed by atoms with Gasteiger partial charge in [-0.05, 0) is 37.1 Å². The second-order valence-electron chi connectivity index (χ2n) is 6.92. The van der Waals surface area contributed by atoms with E-state index in [9.17, 15) is 4.79 Å². The average molecular weight is 361 g/mol. The topological polar surface area (TPSA) is 38.1 Å². The Morgan fingerprint density at radius 1 is 1.19 bits per heavy atom. The molecule has 5 rings (SSSR count). The van der Waals surface area contributed by atoms with Gasteiger partial charge in [0.2, 0.25) is 0 Å². The Bertz CT molecular complexity index is 1050. The molecule has 3 aromatic rings. The summed E-state index contributed by atoms with van der Waals surface area (Å²) in [5, 5.41) is 4.65. The van der Waals surface area contributed by atoms with Crippen LogP contribution in [0.1, 0.15) is 27.2 Å². The summed E-state index contributed by atoms with van der Waals surface area (Å²) >= 11 is 1.79. The van der Waals surface area contributed by atoms with Crippen LogP contribution in [0.3, 0.4) is 0 Å². The number of carbonyl (C=O) groups is 1. The summed E-state index contributed by atoms with van der Waals surface area (Å²) in [5.74, 6) is 0.805. The molecule has 0 spiro atoms. The van der Waals surface area contributed by atoms with Crippen LogP contribution in [0.4, 0.5) is 5.69 Å². The first kappa shape index (κ1) is 15.7. The number of aromatic nitrogens is 2. The lowest BCUT2D eigenvalue weighted by Crippen LogP contribution is -2.30. The molecule has 0 saturated heterocycles. The van der Waals surface area contributed by atoms with Crippen molar-refractivity contribution >= 4 is 23.4 Å². The molecule has 1 aromatic heterocycles. The third-order valence-corrected chi connectivity index (χ3v) is 6.34. The van der Waals surface area contributed by atoms with Gasteiger partial charge < -0.3 is 4.90 Å². The second kappa shape index (κ2) is 5.74. The standard InChI is InChI=1S/C21H19N3OS/c1-13-7-8-18-15(11-13)20-16(12-26-18)19(22-23(20)2)21(25)24-10-9-14-5-3-4-6-17(14)24/h3-8,11H,9-10,12H2,1-2H3. The van der Waals surface area contributed by atoms with Gasteiger partial charge in [0.25, 0.3) is 5.91 Å². The molecule has 0 atom stereocenters. The fraction of sp³-hybridized carbons (Fsp3) is 0.238. The van der Waals surface area contributed by atoms with Crippen molar-refractivity contribution in [3.63, 3.8) is 0 Å². The van der Waals surface area contributed by atoms with Crippen molar-refractivity contribution < 1.29 is 4.79 Å². The zero-order valence-corrected chi connectivity index (χ0v) is 15.6. The lowest BCUT2D eigenvalue weighted by atomic mass is 10.0. The summed E-state index contributed by atoms with van der Waals surface area (Å²) in [6, 6.07) is 14.7. The number of carbonyl (C=O) groups excluding carboxylic acids is 1. The van der Waals surface area contributed by atoms with Crippen LogP contribution in [0.2, 0.25) is 0 Å². The van der Waals surface area contributed by atoms with Crippen molar-refractivity contribution in [2.24, 2.45) is 7.05 Å². The van der Waals surface area contributed by atoms with Crippen molar-refractivity contribution in [2.75, 3.05) is 11.4 Å². The molecule has 26 heavy (non-hydrogen) atoms. The Labute approximate surface area is 156 Å². The highest BCUT2D eigenvalue weighted by molar-refractivity contribution is 7.98. The quantitative estimate of drug-likeness (QED) is 0.652. The molecule has 0 N–H and O–H groups in total. The van der Waals surface area contributed by atoms with Crippen LogP contribution in [0, 0.1) is 6.92 Å². The highest BCUT2D eigenvalue weighted by atomic mass is 32.2. The molecule has 0 saturated carbocycles. The summed E-state index contributed by atoms with van der Waals surface area (Å²) in [5.41, 5.74) is 7.41. The lowest BCUT2D eigenvalue weighted by Gasteiger charge is -2.19. The first-order valence-electron chi connectivity index (χ1n) is 8.83. The van der Waals surface area contributed by atoms with Gasteiger partial charge in [-0.2, -0.15) is 5.10 Å². The minimum absolute atomic E-state index is 0.0171. The summed E-state index contributed by atoms with van der Waals surface area (Å²) in [6.45, 7) is 2.83. The number of anilines is 1. The van der Waals surface area contributed by atoms with Gasteiger partial charge in [0, 0.05) is 41.1 Å². The van der Waals surface area contributed by atoms with E-state index in [-0.39, 0.29) is 5.91 Å². The molecule has 2 aromatic carbocycles. The molecule has 5 heteroatoms. The van der Waals surface area contributed by atoms with E-state index in [0.29, 0.717) is 5.69 Å². The number of benzene rings is 2. The van der Waals surface area contributed by atoms with Gasteiger partial charge in [0.05, 0.1) is 5.69 Å². The third-order valence-electron chi connectivity index (χ3n) is 5.24. The van der Waals surface area contributed by atoms with Crippen LogP contribution >= 0.6 is 11.8 Å². The largest absolute Gasteiger partial charge is 0.306 e. The van der Waals surface area contributed by atoms with Crippen molar-refractivity contribution in [3.05, 3.63) is 64.8 Å². The van der Waals surface area contributed by atoms with Crippen molar-refractivity contribution in [3.8, 4) is 11.3 Å². The Balaban J connectivity index is 1.61. The normalized spacial score (nSPS) is 14.8. The zero-order valence-electron chi connectivity index (χ0n) is 14.8. The molecule has 4 nitrogen and oxygen atoms in total. The third kappa shape index (κ3) is 2.23. The molecule has 0 unspecified atom stereocenters. The number of nitrogens with zero attached hydrogens (tertiary/aromatic N) is 3. The van der Waals surface area contributed by atoms with E-state index in [4.69, 9.17) is 0 Å². The van der Waals surface area contributed by atoms with E-state index in [1.165, 1.54) is 21.6 Å². The van der Waals surface area contributed by atoms with Crippen LogP contribution in [-0.2, 0) is 19.2 Å². The van der Waals surface area contributed by atoms with Gasteiger partial charge in [0.15, 0.2) is 5.69 Å². The molecule has 0 bridgehead atoms. The monoisotopic (exact) mass is 361 g/mol. The van der Waals surface area contributed by atoms with Crippen LogP contribution in [0.25, 0.3) is 11.3 Å². The molecule has 0 radical (unpaired) electrons. The van der Waals surface area contributed by atoms with Crippen molar-refractivity contribution in [1.82, 2.24) is 9.78 Å². The molecule has 2 aliphatic rings. The van der Waals surface area contributed by atoms with Gasteiger partial charge in [-0.3, -0.25) is 9.48 Å². The number of para-hydroxylation sites is 1. The lowest BCUT2D eigenvalue weighted by molar-refractivity contribution is 0.0983. The predicted molar refractivity (Wildman–Crippen MR) is 105 cm³/mol. The zero-order chi connectivity index (χ0) is 17.8. The first-order chi connectivity index (χ1) is 12.6. The Morgan fingerprint density at radius 3 is 2.92 bits per heavy atom. The van der Waals surface area contributed by atoms with E-state index in [0.717, 1.165) is 35.7 Å². The molecule has 0 fully saturated rings. The summed E-state index contributed by atoms with van der Waals surface area (Å²) in [4.78, 5) is 16.5. The van der Waals surface area contributed by atoms with Gasteiger partial charge in [-0.1, -0.05) is 29.8 Å². The maximum atomic E-state index is 13.3. The van der Waals surface area contributed by atoms with Crippen molar-refractivity contribution in [1.29, 1.82) is 0 Å². The molecule has 0 aliphatic carbocycles. The summed E-state index contributed by atoms with van der Waals surface area (Å²) < 4.78 is 1.88. The fourth-order valence-electron chi connectivity index (χ4n) is 3.99. The molecular formula is C21H19N3OS. The number of aryl methyl sites for hydroxylation is 2. The van der Waals surface area contributed by atoms with E-state index in [1.54, 1.807) is 11.8 Å². The number of fused-ring (bicyclic) bond motifs is 4. The minimum Gasteiger partial charge on any atom is -0.306 e. The molecular weight excluding hydrogens is 342 g/mol. The van der Waals surface area contributed by atoms with E-state index in [1.807, 2.05) is 34.8 Å². The maximum Gasteiger partial charge on any atom is 0.279 e. The van der Waals surface area contributed by atoms with Gasteiger partial charge in [-0.15, -0.1) is 11.8 Å². The van der Waals surface area contributed by atoms with Gasteiger partial charge in [-0.25, -0.2) is 0 Å². The Kier molecular flexibility index (Phi) is 3.47. The Morgan fingerprint density at radius 2 is 2.04 bits per heavy atom. The van der Waals surface area contributed by atoms with E-state index in [2.05, 4.69) is 36.3 Å². The fourth-order valence-corrected chi connectivity index (χ4v) is 5.04. The van der Waals surface area contributed by atoms with Crippen LogP contribution in [-0.4, -0.2) is 22.2 Å². The number of rotatable bonds is 1. The van der Waals surface area contributed by atoms with Crippen LogP contribution in [0.5, 0.6) is 0 Å². The van der Waals surface area contributed by atoms with Gasteiger partial charge in [0.1, 0.15) is 0 Å². The van der Waals surface area contributed by atoms with E-state index >= 15 is 0 Å². The maximum absolute atomic E-state index is 13.3. The highest BCUT2D eigenvalue weighted by Crippen LogP contribution is 2.43. The van der Waals surface area contributed by atoms with Crippen molar-refractivity contribution in [2.45, 2.75) is 24.0 Å². The molecule has 1 amide bonds. The first-order valence-corrected chi connectivity index (χ1v) is 9.81. The predicted octanol–water partition coefficient (Wildman–Crippen LogP) is 4.20. The van der Waals surface area contributed by atoms with E-state index < -0.39 is 0 Å². The number of amides is 1. The summed E-state index contributed by atoms with van der Waals surface area (Å²) in [6.07, 6.45) is 0.910. The molecule has 130 valence electrons. The summed E-state index contributed by atoms with van der Waals surface area (Å²) in [7, 11) is 1.94. The Hall–Kier alpha value is -2.53. The number of hydrogen-bond acceptors (Lipinski definition) is 3. The van der Waals surface area contributed by atoms with Crippen LogP contribution in [0.15, 0.2) is 47.4 Å². The molecule has 3 heterocycles. The average Bonchev–Trinajstić information content (AvgIpc) is 3.22. The highest BCUT2D eigenvalue weighted by Gasteiger charge is 2.32. The van der Waals surface area contributed by atoms with Gasteiger partial charge >= 0.3 is 0 Å². The SMILES string of the molecule is Cc1ccc2c(c1)-c1c(c(C(=O)N3CCc4ccccc43)nn1C)CS2.